The lowest BCUT2D eigenvalue weighted by molar-refractivity contribution is -0.384. The molecule has 3 aromatic rings. The molecule has 9 heteroatoms. The highest BCUT2D eigenvalue weighted by Crippen LogP contribution is 2.29. The number of anilines is 1. The van der Waals surface area contributed by atoms with Crippen LogP contribution in [0.3, 0.4) is 0 Å². The van der Waals surface area contributed by atoms with Crippen LogP contribution in [0.4, 0.5) is 11.4 Å². The Morgan fingerprint density at radius 2 is 1.50 bits per heavy atom. The first kappa shape index (κ1) is 23.2. The van der Waals surface area contributed by atoms with Gasteiger partial charge >= 0.3 is 5.97 Å². The molecule has 0 spiro atoms. The van der Waals surface area contributed by atoms with Gasteiger partial charge in [-0.3, -0.25) is 14.9 Å². The minimum absolute atomic E-state index is 0.0487. The van der Waals surface area contributed by atoms with Gasteiger partial charge in [-0.1, -0.05) is 29.3 Å². The first-order valence-electron chi connectivity index (χ1n) is 9.58. The summed E-state index contributed by atoms with van der Waals surface area (Å²) in [6.45, 7) is 2.01. The summed E-state index contributed by atoms with van der Waals surface area (Å²) in [5.41, 5.74) is 1.49. The summed E-state index contributed by atoms with van der Waals surface area (Å²) < 4.78 is 4.99. The van der Waals surface area contributed by atoms with Crippen LogP contribution in [0.1, 0.15) is 33.2 Å². The molecule has 1 amide bonds. The van der Waals surface area contributed by atoms with Crippen LogP contribution in [0.15, 0.2) is 66.7 Å². The first-order chi connectivity index (χ1) is 15.3. The Kier molecular flexibility index (Phi) is 7.45. The molecular weight excluding hydrogens is 455 g/mol. The molecule has 0 aliphatic heterocycles. The van der Waals surface area contributed by atoms with Crippen molar-refractivity contribution in [2.45, 2.75) is 13.5 Å². The van der Waals surface area contributed by atoms with Crippen LogP contribution < -0.4 is 4.90 Å². The van der Waals surface area contributed by atoms with Gasteiger partial charge in [0.25, 0.3) is 11.6 Å². The van der Waals surface area contributed by atoms with Crippen molar-refractivity contribution in [1.82, 2.24) is 0 Å². The van der Waals surface area contributed by atoms with Gasteiger partial charge in [0.15, 0.2) is 0 Å². The number of hydrogen-bond donors (Lipinski definition) is 0. The number of nitro groups is 1. The summed E-state index contributed by atoms with van der Waals surface area (Å²) in [6.07, 6.45) is 0. The number of non-ortho nitro benzene ring substituents is 1. The number of carbonyl (C=O) groups excluding carboxylic acids is 2. The lowest BCUT2D eigenvalue weighted by Gasteiger charge is -2.24. The molecule has 0 aliphatic carbocycles. The third-order valence-corrected chi connectivity index (χ3v) is 5.35. The van der Waals surface area contributed by atoms with E-state index in [1.54, 1.807) is 49.4 Å². The maximum absolute atomic E-state index is 13.4. The Bertz CT molecular complexity index is 1130. The molecule has 0 aliphatic rings. The summed E-state index contributed by atoms with van der Waals surface area (Å²) in [5.74, 6) is -0.888. The predicted molar refractivity (Wildman–Crippen MR) is 122 cm³/mol. The number of nitrogens with zero attached hydrogens (tertiary/aromatic N) is 2. The van der Waals surface area contributed by atoms with E-state index in [-0.39, 0.29) is 24.4 Å². The normalized spacial score (nSPS) is 10.5. The Morgan fingerprint density at radius 3 is 2.03 bits per heavy atom. The number of nitro benzene ring substituents is 1. The van der Waals surface area contributed by atoms with Crippen molar-refractivity contribution in [2.24, 2.45) is 0 Å². The van der Waals surface area contributed by atoms with Gasteiger partial charge in [0.1, 0.15) is 0 Å². The number of ether oxygens (including phenoxy) is 1. The summed E-state index contributed by atoms with van der Waals surface area (Å²) in [4.78, 5) is 37.1. The van der Waals surface area contributed by atoms with Gasteiger partial charge in [0, 0.05) is 39.0 Å². The highest BCUT2D eigenvalue weighted by Gasteiger charge is 2.22. The van der Waals surface area contributed by atoms with E-state index in [0.717, 1.165) is 0 Å². The van der Waals surface area contributed by atoms with Crippen molar-refractivity contribution >= 4 is 46.5 Å². The molecule has 0 fully saturated rings. The van der Waals surface area contributed by atoms with Crippen molar-refractivity contribution in [2.75, 3.05) is 11.5 Å². The smallest absolute Gasteiger partial charge is 0.338 e. The fraction of sp³-hybridized carbons (Fsp3) is 0.130. The Morgan fingerprint density at radius 1 is 0.938 bits per heavy atom. The van der Waals surface area contributed by atoms with E-state index in [1.807, 2.05) is 0 Å². The van der Waals surface area contributed by atoms with Crippen molar-refractivity contribution in [1.29, 1.82) is 0 Å². The van der Waals surface area contributed by atoms with E-state index in [4.69, 9.17) is 27.9 Å². The highest BCUT2D eigenvalue weighted by molar-refractivity contribution is 6.36. The van der Waals surface area contributed by atoms with Crippen molar-refractivity contribution in [3.8, 4) is 0 Å². The minimum Gasteiger partial charge on any atom is -0.462 e. The second-order valence-electron chi connectivity index (χ2n) is 6.66. The van der Waals surface area contributed by atoms with Crippen LogP contribution in [0.2, 0.25) is 10.0 Å². The van der Waals surface area contributed by atoms with E-state index in [2.05, 4.69) is 0 Å². The molecule has 0 N–H and O–H groups in total. The lowest BCUT2D eigenvalue weighted by atomic mass is 10.1. The third-order valence-electron chi connectivity index (χ3n) is 4.64. The number of rotatable bonds is 7. The highest BCUT2D eigenvalue weighted by atomic mass is 35.5. The zero-order valence-corrected chi connectivity index (χ0v) is 18.5. The van der Waals surface area contributed by atoms with Gasteiger partial charge in [0.2, 0.25) is 0 Å². The molecule has 0 saturated carbocycles. The Hall–Kier alpha value is -3.42. The number of amides is 1. The van der Waals surface area contributed by atoms with Gasteiger partial charge < -0.3 is 9.64 Å². The SMILES string of the molecule is CCOC(=O)c1ccc(N(Cc2c(Cl)cccc2Cl)C(=O)c2ccc([N+](=O)[O-])cc2)cc1. The van der Waals surface area contributed by atoms with Gasteiger partial charge in [0.05, 0.1) is 23.6 Å². The topological polar surface area (TPSA) is 89.8 Å². The molecule has 0 bridgehead atoms. The first-order valence-corrected chi connectivity index (χ1v) is 10.3. The molecule has 7 nitrogen and oxygen atoms in total. The monoisotopic (exact) mass is 472 g/mol. The molecular formula is C23H18Cl2N2O5. The van der Waals surface area contributed by atoms with Gasteiger partial charge in [-0.15, -0.1) is 0 Å². The summed E-state index contributed by atoms with van der Waals surface area (Å²) in [5, 5.41) is 11.7. The maximum atomic E-state index is 13.4. The molecule has 0 radical (unpaired) electrons. The molecule has 164 valence electrons. The van der Waals surface area contributed by atoms with E-state index in [1.165, 1.54) is 29.2 Å². The van der Waals surface area contributed by atoms with Crippen LogP contribution >= 0.6 is 23.2 Å². The molecule has 0 aromatic heterocycles. The van der Waals surface area contributed by atoms with Crippen LogP contribution in [-0.2, 0) is 11.3 Å². The van der Waals surface area contributed by atoms with Crippen LogP contribution in [-0.4, -0.2) is 23.4 Å². The van der Waals surface area contributed by atoms with E-state index >= 15 is 0 Å². The molecule has 3 aromatic carbocycles. The fourth-order valence-electron chi connectivity index (χ4n) is 3.00. The zero-order chi connectivity index (χ0) is 23.3. The molecule has 3 rings (SSSR count). The zero-order valence-electron chi connectivity index (χ0n) is 17.0. The number of esters is 1. The molecule has 0 heterocycles. The largest absolute Gasteiger partial charge is 0.462 e. The number of carbonyl (C=O) groups is 2. The summed E-state index contributed by atoms with van der Waals surface area (Å²) >= 11 is 12.6. The van der Waals surface area contributed by atoms with Crippen molar-refractivity contribution < 1.29 is 19.2 Å². The van der Waals surface area contributed by atoms with Crippen LogP contribution in [0, 0.1) is 10.1 Å². The van der Waals surface area contributed by atoms with Gasteiger partial charge in [-0.25, -0.2) is 4.79 Å². The average Bonchev–Trinajstić information content (AvgIpc) is 2.79. The molecule has 0 unspecified atom stereocenters. The van der Waals surface area contributed by atoms with E-state index < -0.39 is 16.8 Å². The number of benzene rings is 3. The fourth-order valence-corrected chi connectivity index (χ4v) is 3.51. The van der Waals surface area contributed by atoms with Gasteiger partial charge in [-0.05, 0) is 55.5 Å². The van der Waals surface area contributed by atoms with E-state index in [9.17, 15) is 19.7 Å². The van der Waals surface area contributed by atoms with E-state index in [0.29, 0.717) is 26.9 Å². The summed E-state index contributed by atoms with van der Waals surface area (Å²) in [7, 11) is 0. The second kappa shape index (κ2) is 10.3. The molecule has 0 atom stereocenters. The van der Waals surface area contributed by atoms with Crippen molar-refractivity contribution in [3.63, 3.8) is 0 Å². The van der Waals surface area contributed by atoms with Crippen LogP contribution in [0.5, 0.6) is 0 Å². The number of halogens is 2. The quantitative estimate of drug-likeness (QED) is 0.241. The standard InChI is InChI=1S/C23H18Cl2N2O5/c1-2-32-23(29)16-8-10-17(11-9-16)26(14-19-20(24)4-3-5-21(19)25)22(28)15-6-12-18(13-7-15)27(30)31/h3-13H,2,14H2,1H3. The average molecular weight is 473 g/mol. The molecule has 0 saturated heterocycles. The van der Waals surface area contributed by atoms with Gasteiger partial charge in [-0.2, -0.15) is 0 Å². The minimum atomic E-state index is -0.538. The lowest BCUT2D eigenvalue weighted by Crippen LogP contribution is -2.30. The maximum Gasteiger partial charge on any atom is 0.338 e. The molecule has 32 heavy (non-hydrogen) atoms. The van der Waals surface area contributed by atoms with Crippen LogP contribution in [0.25, 0.3) is 0 Å². The second-order valence-corrected chi connectivity index (χ2v) is 7.48. The third kappa shape index (κ3) is 5.25. The Labute approximate surface area is 194 Å². The Balaban J connectivity index is 2.00. The van der Waals surface area contributed by atoms with Crippen molar-refractivity contribution in [3.05, 3.63) is 104 Å². The summed E-state index contributed by atoms with van der Waals surface area (Å²) in [6, 6.07) is 16.7. The number of hydrogen-bond acceptors (Lipinski definition) is 5. The predicted octanol–water partition coefficient (Wildman–Crippen LogP) is 5.93.